The second-order valence-corrected chi connectivity index (χ2v) is 5.56. The van der Waals surface area contributed by atoms with Crippen LogP contribution in [-0.4, -0.2) is 43.5 Å². The maximum atomic E-state index is 12.5. The fourth-order valence-corrected chi connectivity index (χ4v) is 3.09. The van der Waals surface area contributed by atoms with Crippen molar-refractivity contribution in [2.45, 2.75) is 19.3 Å². The third kappa shape index (κ3) is 2.60. The van der Waals surface area contributed by atoms with Crippen LogP contribution in [0, 0.1) is 5.92 Å². The normalized spacial score (nSPS) is 22.0. The fraction of sp³-hybridized carbons (Fsp3) is 0.500. The first-order chi connectivity index (χ1) is 10.2. The predicted octanol–water partition coefficient (Wildman–Crippen LogP) is 1.67. The number of hydrogen-bond acceptors (Lipinski definition) is 3. The standard InChI is InChI=1S/C16H20N2O3/c1-21-13-6-4-12(5-7-13)18-11-8-14(16(18)20)15(19)17-9-2-3-10-17/h4-7,14H,2-3,8-11H2,1H3. The third-order valence-electron chi connectivity index (χ3n) is 4.31. The van der Waals surface area contributed by atoms with Gasteiger partial charge in [-0.05, 0) is 43.5 Å². The number of ether oxygens (including phenoxy) is 1. The number of carbonyl (C=O) groups is 2. The summed E-state index contributed by atoms with van der Waals surface area (Å²) in [6.45, 7) is 2.20. The van der Waals surface area contributed by atoms with E-state index in [1.54, 1.807) is 12.0 Å². The van der Waals surface area contributed by atoms with Crippen LogP contribution >= 0.6 is 0 Å². The van der Waals surface area contributed by atoms with Crippen molar-refractivity contribution in [2.24, 2.45) is 5.92 Å². The summed E-state index contributed by atoms with van der Waals surface area (Å²) < 4.78 is 5.12. The van der Waals surface area contributed by atoms with E-state index in [0.29, 0.717) is 13.0 Å². The zero-order chi connectivity index (χ0) is 14.8. The molecule has 0 saturated carbocycles. The molecule has 0 aromatic heterocycles. The molecule has 21 heavy (non-hydrogen) atoms. The zero-order valence-electron chi connectivity index (χ0n) is 12.2. The minimum Gasteiger partial charge on any atom is -0.497 e. The monoisotopic (exact) mass is 288 g/mol. The number of methoxy groups -OCH3 is 1. The van der Waals surface area contributed by atoms with Crippen LogP contribution in [-0.2, 0) is 9.59 Å². The Morgan fingerprint density at radius 2 is 1.81 bits per heavy atom. The van der Waals surface area contributed by atoms with E-state index in [1.165, 1.54) is 0 Å². The van der Waals surface area contributed by atoms with Crippen molar-refractivity contribution in [1.82, 2.24) is 4.90 Å². The molecule has 0 radical (unpaired) electrons. The van der Waals surface area contributed by atoms with E-state index >= 15 is 0 Å². The molecule has 2 aliphatic rings. The highest BCUT2D eigenvalue weighted by atomic mass is 16.5. The molecule has 1 atom stereocenters. The topological polar surface area (TPSA) is 49.9 Å². The number of carbonyl (C=O) groups excluding carboxylic acids is 2. The van der Waals surface area contributed by atoms with Gasteiger partial charge in [-0.1, -0.05) is 0 Å². The quantitative estimate of drug-likeness (QED) is 0.795. The minimum absolute atomic E-state index is 0.00788. The Morgan fingerprint density at radius 1 is 1.14 bits per heavy atom. The highest BCUT2D eigenvalue weighted by molar-refractivity contribution is 6.09. The highest BCUT2D eigenvalue weighted by Crippen LogP contribution is 2.28. The molecule has 5 heteroatoms. The van der Waals surface area contributed by atoms with Crippen LogP contribution in [0.15, 0.2) is 24.3 Å². The van der Waals surface area contributed by atoms with E-state index in [-0.39, 0.29) is 11.8 Å². The number of amides is 2. The molecule has 2 aliphatic heterocycles. The van der Waals surface area contributed by atoms with Gasteiger partial charge in [0.15, 0.2) is 0 Å². The summed E-state index contributed by atoms with van der Waals surface area (Å²) in [6, 6.07) is 7.38. The van der Waals surface area contributed by atoms with Crippen molar-refractivity contribution in [3.63, 3.8) is 0 Å². The lowest BCUT2D eigenvalue weighted by molar-refractivity contribution is -0.139. The van der Waals surface area contributed by atoms with E-state index in [2.05, 4.69) is 0 Å². The van der Waals surface area contributed by atoms with Gasteiger partial charge in [0.2, 0.25) is 11.8 Å². The van der Waals surface area contributed by atoms with Crippen LogP contribution in [0.2, 0.25) is 0 Å². The largest absolute Gasteiger partial charge is 0.497 e. The summed E-state index contributed by atoms with van der Waals surface area (Å²) in [4.78, 5) is 28.4. The summed E-state index contributed by atoms with van der Waals surface area (Å²) >= 11 is 0. The molecule has 2 saturated heterocycles. The third-order valence-corrected chi connectivity index (χ3v) is 4.31. The second kappa shape index (κ2) is 5.76. The van der Waals surface area contributed by atoms with Crippen molar-refractivity contribution >= 4 is 17.5 Å². The molecule has 2 fully saturated rings. The molecule has 0 N–H and O–H groups in total. The van der Waals surface area contributed by atoms with Crippen LogP contribution in [0.25, 0.3) is 0 Å². The van der Waals surface area contributed by atoms with Gasteiger partial charge in [0.1, 0.15) is 11.7 Å². The molecule has 112 valence electrons. The van der Waals surface area contributed by atoms with Gasteiger partial charge in [0, 0.05) is 25.3 Å². The second-order valence-electron chi connectivity index (χ2n) is 5.56. The first-order valence-corrected chi connectivity index (χ1v) is 7.45. The number of benzene rings is 1. The van der Waals surface area contributed by atoms with Gasteiger partial charge in [-0.2, -0.15) is 0 Å². The summed E-state index contributed by atoms with van der Waals surface area (Å²) in [5.41, 5.74) is 0.831. The van der Waals surface area contributed by atoms with E-state index in [9.17, 15) is 9.59 Å². The lowest BCUT2D eigenvalue weighted by atomic mass is 10.1. The lowest BCUT2D eigenvalue weighted by Gasteiger charge is -2.20. The Hall–Kier alpha value is -2.04. The predicted molar refractivity (Wildman–Crippen MR) is 79.3 cm³/mol. The van der Waals surface area contributed by atoms with E-state index < -0.39 is 5.92 Å². The number of rotatable bonds is 3. The summed E-state index contributed by atoms with van der Waals surface area (Å²) in [5, 5.41) is 0. The minimum atomic E-state index is -0.495. The summed E-state index contributed by atoms with van der Waals surface area (Å²) in [7, 11) is 1.61. The first kappa shape index (κ1) is 13.9. The SMILES string of the molecule is COc1ccc(N2CCC(C(=O)N3CCCC3)C2=O)cc1. The molecule has 1 unspecified atom stereocenters. The maximum absolute atomic E-state index is 12.5. The van der Waals surface area contributed by atoms with Gasteiger partial charge in [-0.15, -0.1) is 0 Å². The van der Waals surface area contributed by atoms with E-state index in [0.717, 1.165) is 37.4 Å². The van der Waals surface area contributed by atoms with Crippen LogP contribution < -0.4 is 9.64 Å². The zero-order valence-corrected chi connectivity index (χ0v) is 12.2. The van der Waals surface area contributed by atoms with Crippen LogP contribution in [0.5, 0.6) is 5.75 Å². The van der Waals surface area contributed by atoms with Crippen LogP contribution in [0.1, 0.15) is 19.3 Å². The van der Waals surface area contributed by atoms with Crippen LogP contribution in [0.4, 0.5) is 5.69 Å². The van der Waals surface area contributed by atoms with Crippen molar-refractivity contribution in [1.29, 1.82) is 0 Å². The Kier molecular flexibility index (Phi) is 3.82. The number of anilines is 1. The van der Waals surface area contributed by atoms with E-state index in [1.807, 2.05) is 29.2 Å². The maximum Gasteiger partial charge on any atom is 0.239 e. The number of hydrogen-bond donors (Lipinski definition) is 0. The molecule has 1 aromatic rings. The molecule has 3 rings (SSSR count). The Morgan fingerprint density at radius 3 is 2.43 bits per heavy atom. The first-order valence-electron chi connectivity index (χ1n) is 7.45. The van der Waals surface area contributed by atoms with Gasteiger partial charge in [-0.25, -0.2) is 0 Å². The number of nitrogens with zero attached hydrogens (tertiary/aromatic N) is 2. The lowest BCUT2D eigenvalue weighted by Crippen LogP contribution is -2.38. The average molecular weight is 288 g/mol. The Balaban J connectivity index is 1.71. The molecule has 0 aliphatic carbocycles. The highest BCUT2D eigenvalue weighted by Gasteiger charge is 2.40. The summed E-state index contributed by atoms with van der Waals surface area (Å²) in [6.07, 6.45) is 2.71. The van der Waals surface area contributed by atoms with E-state index in [4.69, 9.17) is 4.74 Å². The molecule has 2 heterocycles. The number of likely N-dealkylation sites (tertiary alicyclic amines) is 1. The van der Waals surface area contributed by atoms with Gasteiger partial charge >= 0.3 is 0 Å². The molecule has 0 bridgehead atoms. The van der Waals surface area contributed by atoms with Crippen LogP contribution in [0.3, 0.4) is 0 Å². The Bertz CT molecular complexity index is 535. The van der Waals surface area contributed by atoms with Gasteiger partial charge < -0.3 is 14.5 Å². The molecule has 0 spiro atoms. The van der Waals surface area contributed by atoms with Gasteiger partial charge in [0.05, 0.1) is 7.11 Å². The summed E-state index contributed by atoms with van der Waals surface area (Å²) in [5.74, 6) is 0.200. The molecular weight excluding hydrogens is 268 g/mol. The molecule has 5 nitrogen and oxygen atoms in total. The smallest absolute Gasteiger partial charge is 0.239 e. The Labute approximate surface area is 124 Å². The van der Waals surface area contributed by atoms with Gasteiger partial charge in [0.25, 0.3) is 0 Å². The molecular formula is C16H20N2O3. The van der Waals surface area contributed by atoms with Crippen molar-refractivity contribution in [3.8, 4) is 5.75 Å². The fourth-order valence-electron chi connectivity index (χ4n) is 3.09. The van der Waals surface area contributed by atoms with Crippen molar-refractivity contribution in [2.75, 3.05) is 31.6 Å². The van der Waals surface area contributed by atoms with Crippen molar-refractivity contribution < 1.29 is 14.3 Å². The average Bonchev–Trinajstić information content (AvgIpc) is 3.16. The molecule has 1 aromatic carbocycles. The molecule has 2 amide bonds. The van der Waals surface area contributed by atoms with Crippen molar-refractivity contribution in [3.05, 3.63) is 24.3 Å². The van der Waals surface area contributed by atoms with Gasteiger partial charge in [-0.3, -0.25) is 9.59 Å².